The maximum absolute atomic E-state index is 12.4. The van der Waals surface area contributed by atoms with E-state index < -0.39 is 10.0 Å². The fraction of sp³-hybridized carbons (Fsp3) is 0.316. The van der Waals surface area contributed by atoms with Crippen LogP contribution in [0.2, 0.25) is 0 Å². The van der Waals surface area contributed by atoms with Gasteiger partial charge >= 0.3 is 0 Å². The lowest BCUT2D eigenvalue weighted by Crippen LogP contribution is -3.11. The molecular formula is C19H26N3O3S+. The smallest absolute Gasteiger partial charge is 0.279 e. The van der Waals surface area contributed by atoms with Gasteiger partial charge in [-0.05, 0) is 25.1 Å². The third-order valence-corrected chi connectivity index (χ3v) is 5.91. The standard InChI is InChI=1S/C19H25N3O3S/c1-4-22(14-16-9-6-5-7-10-16)15-19(23)20-17-11-8-12-18(13-17)26(24,25)21(2)3/h5-13H,4,14-15H2,1-3H3,(H,20,23)/p+1. The predicted molar refractivity (Wildman–Crippen MR) is 102 cm³/mol. The van der Waals surface area contributed by atoms with Crippen molar-refractivity contribution in [2.24, 2.45) is 0 Å². The van der Waals surface area contributed by atoms with Gasteiger partial charge in [-0.25, -0.2) is 12.7 Å². The molecule has 140 valence electrons. The number of likely N-dealkylation sites (N-methyl/N-ethyl adjacent to an activating group) is 1. The monoisotopic (exact) mass is 376 g/mol. The van der Waals surface area contributed by atoms with Crippen molar-refractivity contribution in [2.45, 2.75) is 18.4 Å². The SMILES string of the molecule is CC[NH+](CC(=O)Nc1cccc(S(=O)(=O)N(C)C)c1)Cc1ccccc1. The van der Waals surface area contributed by atoms with Crippen LogP contribution in [0.5, 0.6) is 0 Å². The van der Waals surface area contributed by atoms with E-state index in [0.717, 1.165) is 22.3 Å². The van der Waals surface area contributed by atoms with E-state index in [1.807, 2.05) is 37.3 Å². The molecule has 0 aromatic heterocycles. The molecule has 1 unspecified atom stereocenters. The maximum atomic E-state index is 12.4. The number of carbonyl (C=O) groups excluding carboxylic acids is 1. The minimum atomic E-state index is -3.53. The molecule has 0 aliphatic heterocycles. The van der Waals surface area contributed by atoms with Gasteiger partial charge in [-0.2, -0.15) is 0 Å². The van der Waals surface area contributed by atoms with Crippen molar-refractivity contribution in [2.75, 3.05) is 32.5 Å². The highest BCUT2D eigenvalue weighted by atomic mass is 32.2. The third-order valence-electron chi connectivity index (χ3n) is 4.10. The quantitative estimate of drug-likeness (QED) is 0.722. The molecule has 0 saturated carbocycles. The molecule has 0 radical (unpaired) electrons. The molecule has 2 aromatic rings. The molecule has 1 amide bonds. The van der Waals surface area contributed by atoms with Gasteiger partial charge in [0.2, 0.25) is 10.0 Å². The summed E-state index contributed by atoms with van der Waals surface area (Å²) >= 11 is 0. The molecular weight excluding hydrogens is 350 g/mol. The summed E-state index contributed by atoms with van der Waals surface area (Å²) in [5.41, 5.74) is 1.66. The van der Waals surface area contributed by atoms with Crippen LogP contribution < -0.4 is 10.2 Å². The summed E-state index contributed by atoms with van der Waals surface area (Å²) in [6.07, 6.45) is 0. The summed E-state index contributed by atoms with van der Waals surface area (Å²) in [7, 11) is -0.569. The molecule has 26 heavy (non-hydrogen) atoms. The Morgan fingerprint density at radius 3 is 2.38 bits per heavy atom. The number of hydrogen-bond acceptors (Lipinski definition) is 3. The summed E-state index contributed by atoms with van der Waals surface area (Å²) in [6.45, 7) is 3.93. The maximum Gasteiger partial charge on any atom is 0.279 e. The van der Waals surface area contributed by atoms with Crippen LogP contribution in [0.1, 0.15) is 12.5 Å². The lowest BCUT2D eigenvalue weighted by Gasteiger charge is -2.17. The summed E-state index contributed by atoms with van der Waals surface area (Å²) < 4.78 is 25.6. The van der Waals surface area contributed by atoms with Gasteiger partial charge in [0.15, 0.2) is 6.54 Å². The second-order valence-corrected chi connectivity index (χ2v) is 8.46. The largest absolute Gasteiger partial charge is 0.324 e. The first-order chi connectivity index (χ1) is 12.3. The van der Waals surface area contributed by atoms with Crippen LogP contribution in [0.15, 0.2) is 59.5 Å². The Morgan fingerprint density at radius 1 is 1.08 bits per heavy atom. The lowest BCUT2D eigenvalue weighted by atomic mass is 10.2. The van der Waals surface area contributed by atoms with Crippen molar-refractivity contribution in [3.63, 3.8) is 0 Å². The summed E-state index contributed by atoms with van der Waals surface area (Å²) in [5.74, 6) is -0.141. The van der Waals surface area contributed by atoms with Gasteiger partial charge in [-0.3, -0.25) is 4.79 Å². The summed E-state index contributed by atoms with van der Waals surface area (Å²) in [4.78, 5) is 13.7. The Morgan fingerprint density at radius 2 is 1.77 bits per heavy atom. The fourth-order valence-corrected chi connectivity index (χ4v) is 3.52. The number of amides is 1. The van der Waals surface area contributed by atoms with E-state index >= 15 is 0 Å². The summed E-state index contributed by atoms with van der Waals surface area (Å²) in [5, 5.41) is 2.80. The number of anilines is 1. The minimum absolute atomic E-state index is 0.141. The van der Waals surface area contributed by atoms with Gasteiger partial charge in [0, 0.05) is 25.3 Å². The van der Waals surface area contributed by atoms with Crippen LogP contribution in [0, 0.1) is 0 Å². The number of hydrogen-bond donors (Lipinski definition) is 2. The topological polar surface area (TPSA) is 70.9 Å². The highest BCUT2D eigenvalue weighted by Gasteiger charge is 2.18. The second-order valence-electron chi connectivity index (χ2n) is 6.31. The predicted octanol–water partition coefficient (Wildman–Crippen LogP) is 0.980. The van der Waals surface area contributed by atoms with Crippen molar-refractivity contribution in [3.8, 4) is 0 Å². The van der Waals surface area contributed by atoms with E-state index in [4.69, 9.17) is 0 Å². The normalized spacial score (nSPS) is 12.8. The Labute approximate surface area is 155 Å². The second kappa shape index (κ2) is 8.93. The number of quaternary nitrogens is 1. The molecule has 0 aliphatic rings. The highest BCUT2D eigenvalue weighted by molar-refractivity contribution is 7.89. The average molecular weight is 377 g/mol. The molecule has 0 heterocycles. The molecule has 7 heteroatoms. The third kappa shape index (κ3) is 5.39. The lowest BCUT2D eigenvalue weighted by molar-refractivity contribution is -0.903. The zero-order valence-corrected chi connectivity index (χ0v) is 16.2. The molecule has 2 aromatic carbocycles. The Kier molecular flexibility index (Phi) is 6.90. The molecule has 0 aliphatic carbocycles. The van der Waals surface area contributed by atoms with Crippen LogP contribution in [0.25, 0.3) is 0 Å². The Hall–Kier alpha value is -2.22. The van der Waals surface area contributed by atoms with Crippen LogP contribution in [0.4, 0.5) is 5.69 Å². The van der Waals surface area contributed by atoms with Gasteiger partial charge in [-0.1, -0.05) is 36.4 Å². The van der Waals surface area contributed by atoms with Crippen molar-refractivity contribution >= 4 is 21.6 Å². The highest BCUT2D eigenvalue weighted by Crippen LogP contribution is 2.17. The van der Waals surface area contributed by atoms with Gasteiger partial charge < -0.3 is 10.2 Å². The van der Waals surface area contributed by atoms with E-state index in [1.165, 1.54) is 31.8 Å². The first-order valence-corrected chi connectivity index (χ1v) is 9.97. The van der Waals surface area contributed by atoms with Crippen LogP contribution in [-0.4, -0.2) is 45.8 Å². The molecule has 2 N–H and O–H groups in total. The van der Waals surface area contributed by atoms with E-state index in [0.29, 0.717) is 12.2 Å². The van der Waals surface area contributed by atoms with Crippen molar-refractivity contribution in [1.82, 2.24) is 4.31 Å². The van der Waals surface area contributed by atoms with Crippen LogP contribution in [0.3, 0.4) is 0 Å². The number of nitrogens with zero attached hydrogens (tertiary/aromatic N) is 1. The molecule has 6 nitrogen and oxygen atoms in total. The zero-order chi connectivity index (χ0) is 19.2. The molecule has 0 saturated heterocycles. The number of benzene rings is 2. The minimum Gasteiger partial charge on any atom is -0.324 e. The molecule has 0 fully saturated rings. The molecule has 0 spiro atoms. The van der Waals surface area contributed by atoms with Gasteiger partial charge in [-0.15, -0.1) is 0 Å². The zero-order valence-electron chi connectivity index (χ0n) is 15.4. The molecule has 0 bridgehead atoms. The van der Waals surface area contributed by atoms with Crippen molar-refractivity contribution < 1.29 is 18.1 Å². The molecule has 2 rings (SSSR count). The van der Waals surface area contributed by atoms with Crippen LogP contribution >= 0.6 is 0 Å². The Balaban J connectivity index is 2.03. The van der Waals surface area contributed by atoms with E-state index in [-0.39, 0.29) is 10.8 Å². The van der Waals surface area contributed by atoms with Gasteiger partial charge in [0.25, 0.3) is 5.91 Å². The Bertz CT molecular complexity index is 836. The summed E-state index contributed by atoms with van der Waals surface area (Å²) in [6, 6.07) is 16.3. The first-order valence-electron chi connectivity index (χ1n) is 8.53. The van der Waals surface area contributed by atoms with Gasteiger partial charge in [0.05, 0.1) is 11.4 Å². The van der Waals surface area contributed by atoms with Crippen LogP contribution in [-0.2, 0) is 21.4 Å². The van der Waals surface area contributed by atoms with E-state index in [1.54, 1.807) is 12.1 Å². The van der Waals surface area contributed by atoms with Crippen molar-refractivity contribution in [1.29, 1.82) is 0 Å². The number of rotatable bonds is 8. The number of nitrogens with one attached hydrogen (secondary N) is 2. The number of carbonyl (C=O) groups is 1. The van der Waals surface area contributed by atoms with E-state index in [2.05, 4.69) is 5.32 Å². The first kappa shape index (κ1) is 20.1. The average Bonchev–Trinajstić information content (AvgIpc) is 2.62. The number of sulfonamides is 1. The molecule has 1 atom stereocenters. The van der Waals surface area contributed by atoms with Crippen molar-refractivity contribution in [3.05, 3.63) is 60.2 Å². The fourth-order valence-electron chi connectivity index (χ4n) is 2.57. The van der Waals surface area contributed by atoms with E-state index in [9.17, 15) is 13.2 Å². The van der Waals surface area contributed by atoms with Gasteiger partial charge in [0.1, 0.15) is 6.54 Å².